The molecule has 1 N–H and O–H groups in total. The maximum Gasteiger partial charge on any atom is 0.261 e. The molecule has 1 aliphatic heterocycles. The van der Waals surface area contributed by atoms with Crippen LogP contribution in [-0.2, 0) is 30.7 Å². The Morgan fingerprint density at radius 1 is 1.15 bits per heavy atom. The van der Waals surface area contributed by atoms with Crippen molar-refractivity contribution < 1.29 is 9.53 Å². The van der Waals surface area contributed by atoms with E-state index in [2.05, 4.69) is 48.3 Å². The third-order valence-electron chi connectivity index (χ3n) is 5.03. The molecule has 2 heterocycles. The quantitative estimate of drug-likeness (QED) is 0.745. The molecule has 3 rings (SSSR count). The van der Waals surface area contributed by atoms with Gasteiger partial charge in [0.15, 0.2) is 0 Å². The molecule has 1 aromatic carbocycles. The maximum absolute atomic E-state index is 12.7. The summed E-state index contributed by atoms with van der Waals surface area (Å²) in [5.74, 6) is 0.0400. The zero-order valence-corrected chi connectivity index (χ0v) is 17.2. The van der Waals surface area contributed by atoms with Gasteiger partial charge in [-0.1, -0.05) is 44.5 Å². The van der Waals surface area contributed by atoms with Crippen LogP contribution in [0.1, 0.15) is 51.5 Å². The number of aryl methyl sites for hydroxylation is 2. The molecular weight excluding hydrogens is 356 g/mol. The number of carbonyl (C=O) groups excluding carboxylic acids is 1. The van der Waals surface area contributed by atoms with E-state index in [1.165, 1.54) is 21.6 Å². The van der Waals surface area contributed by atoms with E-state index in [1.54, 1.807) is 11.3 Å². The number of rotatable bonds is 8. The number of hydrogen-bond donors (Lipinski definition) is 1. The van der Waals surface area contributed by atoms with E-state index < -0.39 is 0 Å². The second-order valence-corrected chi connectivity index (χ2v) is 8.14. The largest absolute Gasteiger partial charge is 0.379 e. The molecule has 1 aliphatic rings. The molecule has 0 bridgehead atoms. The fourth-order valence-electron chi connectivity index (χ4n) is 3.46. The normalized spacial score (nSPS) is 15.0. The van der Waals surface area contributed by atoms with E-state index in [4.69, 9.17) is 4.74 Å². The lowest BCUT2D eigenvalue weighted by Gasteiger charge is -2.27. The first-order chi connectivity index (χ1) is 13.2. The van der Waals surface area contributed by atoms with E-state index in [0.29, 0.717) is 6.54 Å². The highest BCUT2D eigenvalue weighted by Gasteiger charge is 2.15. The number of benzene rings is 1. The van der Waals surface area contributed by atoms with Crippen LogP contribution < -0.4 is 5.32 Å². The van der Waals surface area contributed by atoms with Gasteiger partial charge in [0, 0.05) is 31.1 Å². The second-order valence-electron chi connectivity index (χ2n) is 7.00. The number of nitrogens with zero attached hydrogens (tertiary/aromatic N) is 1. The minimum absolute atomic E-state index is 0.0400. The molecule has 0 radical (unpaired) electrons. The van der Waals surface area contributed by atoms with Crippen LogP contribution in [0.3, 0.4) is 0 Å². The molecular formula is C22H30N2O2S. The lowest BCUT2D eigenvalue weighted by Crippen LogP contribution is -2.36. The van der Waals surface area contributed by atoms with Gasteiger partial charge in [0.2, 0.25) is 0 Å². The van der Waals surface area contributed by atoms with Crippen LogP contribution >= 0.6 is 11.3 Å². The molecule has 1 saturated heterocycles. The number of hydrogen-bond acceptors (Lipinski definition) is 4. The minimum atomic E-state index is 0.0400. The van der Waals surface area contributed by atoms with Gasteiger partial charge >= 0.3 is 0 Å². The van der Waals surface area contributed by atoms with Gasteiger partial charge in [-0.2, -0.15) is 0 Å². The number of amides is 1. The van der Waals surface area contributed by atoms with Gasteiger partial charge in [-0.3, -0.25) is 9.69 Å². The fraction of sp³-hybridized carbons (Fsp3) is 0.500. The minimum Gasteiger partial charge on any atom is -0.379 e. The molecule has 0 saturated carbocycles. The molecule has 146 valence electrons. The highest BCUT2D eigenvalue weighted by molar-refractivity contribution is 7.14. The number of carbonyl (C=O) groups is 1. The SMILES string of the molecule is CCCc1sc(C(=O)NCc2ccccc2CN2CCOCC2)cc1CC. The van der Waals surface area contributed by atoms with E-state index in [1.807, 2.05) is 6.07 Å². The second kappa shape index (κ2) is 10.0. The molecule has 4 nitrogen and oxygen atoms in total. The molecule has 1 amide bonds. The predicted octanol–water partition coefficient (Wildman–Crippen LogP) is 4.03. The van der Waals surface area contributed by atoms with Gasteiger partial charge in [-0.25, -0.2) is 0 Å². The fourth-order valence-corrected chi connectivity index (χ4v) is 4.74. The predicted molar refractivity (Wildman–Crippen MR) is 111 cm³/mol. The van der Waals surface area contributed by atoms with Crippen LogP contribution in [0.5, 0.6) is 0 Å². The third kappa shape index (κ3) is 5.41. The Hall–Kier alpha value is -1.69. The van der Waals surface area contributed by atoms with Crippen molar-refractivity contribution in [3.63, 3.8) is 0 Å². The third-order valence-corrected chi connectivity index (χ3v) is 6.27. The Bertz CT molecular complexity index is 751. The summed E-state index contributed by atoms with van der Waals surface area (Å²) < 4.78 is 5.44. The Balaban J connectivity index is 1.63. The van der Waals surface area contributed by atoms with Crippen molar-refractivity contribution in [2.45, 2.75) is 46.2 Å². The summed E-state index contributed by atoms with van der Waals surface area (Å²) in [7, 11) is 0. The molecule has 0 unspecified atom stereocenters. The standard InChI is InChI=1S/C22H30N2O2S/c1-3-7-20-17(4-2)14-21(27-20)22(25)23-15-18-8-5-6-9-19(18)16-24-10-12-26-13-11-24/h5-6,8-9,14H,3-4,7,10-13,15-16H2,1-2H3,(H,23,25). The summed E-state index contributed by atoms with van der Waals surface area (Å²) in [5, 5.41) is 3.13. The molecule has 0 atom stereocenters. The van der Waals surface area contributed by atoms with E-state index in [9.17, 15) is 4.79 Å². The summed E-state index contributed by atoms with van der Waals surface area (Å²) in [6.07, 6.45) is 3.16. The zero-order chi connectivity index (χ0) is 19.1. The molecule has 27 heavy (non-hydrogen) atoms. The van der Waals surface area contributed by atoms with Crippen LogP contribution in [-0.4, -0.2) is 37.1 Å². The van der Waals surface area contributed by atoms with Crippen LogP contribution in [0.15, 0.2) is 30.3 Å². The molecule has 1 aromatic heterocycles. The summed E-state index contributed by atoms with van der Waals surface area (Å²) >= 11 is 1.65. The summed E-state index contributed by atoms with van der Waals surface area (Å²) in [5.41, 5.74) is 3.80. The summed E-state index contributed by atoms with van der Waals surface area (Å²) in [6.45, 7) is 9.37. The highest BCUT2D eigenvalue weighted by Crippen LogP contribution is 2.25. The average Bonchev–Trinajstić information content (AvgIpc) is 3.11. The lowest BCUT2D eigenvalue weighted by molar-refractivity contribution is 0.0340. The van der Waals surface area contributed by atoms with Crippen LogP contribution in [0.4, 0.5) is 0 Å². The van der Waals surface area contributed by atoms with Crippen molar-refractivity contribution in [1.82, 2.24) is 10.2 Å². The maximum atomic E-state index is 12.7. The Kier molecular flexibility index (Phi) is 7.44. The van der Waals surface area contributed by atoms with Crippen molar-refractivity contribution in [1.29, 1.82) is 0 Å². The van der Waals surface area contributed by atoms with Gasteiger partial charge in [-0.05, 0) is 35.6 Å². The van der Waals surface area contributed by atoms with Gasteiger partial charge in [0.1, 0.15) is 0 Å². The van der Waals surface area contributed by atoms with Crippen molar-refractivity contribution in [2.24, 2.45) is 0 Å². The highest BCUT2D eigenvalue weighted by atomic mass is 32.1. The van der Waals surface area contributed by atoms with Gasteiger partial charge in [0.05, 0.1) is 18.1 Å². The Morgan fingerprint density at radius 3 is 2.59 bits per heavy atom. The van der Waals surface area contributed by atoms with E-state index in [-0.39, 0.29) is 5.91 Å². The number of ether oxygens (including phenoxy) is 1. The first kappa shape index (κ1) is 20.1. The average molecular weight is 387 g/mol. The first-order valence-electron chi connectivity index (χ1n) is 9.98. The molecule has 0 aliphatic carbocycles. The van der Waals surface area contributed by atoms with Gasteiger partial charge in [0.25, 0.3) is 5.91 Å². The first-order valence-corrected chi connectivity index (χ1v) is 10.8. The number of morpholine rings is 1. The monoisotopic (exact) mass is 386 g/mol. The molecule has 1 fully saturated rings. The van der Waals surface area contributed by atoms with Crippen molar-refractivity contribution in [2.75, 3.05) is 26.3 Å². The zero-order valence-electron chi connectivity index (χ0n) is 16.4. The van der Waals surface area contributed by atoms with Crippen molar-refractivity contribution in [3.8, 4) is 0 Å². The molecule has 0 spiro atoms. The lowest BCUT2D eigenvalue weighted by atomic mass is 10.1. The van der Waals surface area contributed by atoms with E-state index in [0.717, 1.165) is 57.0 Å². The van der Waals surface area contributed by atoms with Gasteiger partial charge < -0.3 is 10.1 Å². The van der Waals surface area contributed by atoms with Crippen LogP contribution in [0.2, 0.25) is 0 Å². The Morgan fingerprint density at radius 2 is 1.89 bits per heavy atom. The molecule has 5 heteroatoms. The Labute approximate surface area is 166 Å². The van der Waals surface area contributed by atoms with Crippen LogP contribution in [0.25, 0.3) is 0 Å². The number of nitrogens with one attached hydrogen (secondary N) is 1. The molecule has 2 aromatic rings. The van der Waals surface area contributed by atoms with Crippen molar-refractivity contribution >= 4 is 17.2 Å². The summed E-state index contributed by atoms with van der Waals surface area (Å²) in [4.78, 5) is 17.3. The number of thiophene rings is 1. The smallest absolute Gasteiger partial charge is 0.261 e. The van der Waals surface area contributed by atoms with Crippen molar-refractivity contribution in [3.05, 3.63) is 56.8 Å². The van der Waals surface area contributed by atoms with Gasteiger partial charge in [-0.15, -0.1) is 11.3 Å². The summed E-state index contributed by atoms with van der Waals surface area (Å²) in [6, 6.07) is 10.5. The van der Waals surface area contributed by atoms with Crippen LogP contribution in [0, 0.1) is 0 Å². The van der Waals surface area contributed by atoms with E-state index >= 15 is 0 Å². The topological polar surface area (TPSA) is 41.6 Å².